The van der Waals surface area contributed by atoms with Crippen molar-refractivity contribution in [3.8, 4) is 5.75 Å². The molecule has 6 nitrogen and oxygen atoms in total. The van der Waals surface area contributed by atoms with Gasteiger partial charge < -0.3 is 9.57 Å². The van der Waals surface area contributed by atoms with Crippen LogP contribution >= 0.6 is 11.3 Å². The quantitative estimate of drug-likeness (QED) is 0.814. The molecule has 0 saturated heterocycles. The highest BCUT2D eigenvalue weighted by Gasteiger charge is 2.20. The number of fused-ring (bicyclic) bond motifs is 1. The molecular formula is C13H14N2O4S. The van der Waals surface area contributed by atoms with Crippen molar-refractivity contribution in [2.45, 2.75) is 20.3 Å². The standard InChI is InChI=1S/C13H14N2O4S/c1-4-12(17)19-15(8(2)16)13-14-10-6-5-9(18-3)7-11(10)20-13/h5-7H,4H2,1-3H3. The van der Waals surface area contributed by atoms with E-state index in [4.69, 9.17) is 9.57 Å². The van der Waals surface area contributed by atoms with Gasteiger partial charge in [-0.05, 0) is 18.2 Å². The van der Waals surface area contributed by atoms with Crippen LogP contribution in [0.3, 0.4) is 0 Å². The molecule has 1 amide bonds. The van der Waals surface area contributed by atoms with Crippen LogP contribution in [-0.2, 0) is 14.4 Å². The first-order valence-electron chi connectivity index (χ1n) is 6.01. The van der Waals surface area contributed by atoms with Crippen molar-refractivity contribution in [3.05, 3.63) is 18.2 Å². The molecule has 0 radical (unpaired) electrons. The average molecular weight is 294 g/mol. The number of thiazole rings is 1. The van der Waals surface area contributed by atoms with E-state index >= 15 is 0 Å². The summed E-state index contributed by atoms with van der Waals surface area (Å²) in [5.41, 5.74) is 0.713. The molecule has 0 saturated carbocycles. The second kappa shape index (κ2) is 5.87. The van der Waals surface area contributed by atoms with Gasteiger partial charge in [-0.15, -0.1) is 5.06 Å². The van der Waals surface area contributed by atoms with Gasteiger partial charge in [0.25, 0.3) is 5.91 Å². The van der Waals surface area contributed by atoms with Gasteiger partial charge in [-0.25, -0.2) is 9.78 Å². The van der Waals surface area contributed by atoms with Crippen LogP contribution in [0.4, 0.5) is 5.13 Å². The molecule has 0 N–H and O–H groups in total. The fraction of sp³-hybridized carbons (Fsp3) is 0.308. The summed E-state index contributed by atoms with van der Waals surface area (Å²) in [5, 5.41) is 1.24. The maximum atomic E-state index is 11.6. The van der Waals surface area contributed by atoms with Gasteiger partial charge in [-0.3, -0.25) is 4.79 Å². The number of carbonyl (C=O) groups is 2. The number of nitrogens with zero attached hydrogens (tertiary/aromatic N) is 2. The molecule has 1 aromatic heterocycles. The molecular weight excluding hydrogens is 280 g/mol. The van der Waals surface area contributed by atoms with E-state index in [2.05, 4.69) is 4.98 Å². The minimum absolute atomic E-state index is 0.183. The molecule has 2 rings (SSSR count). The summed E-state index contributed by atoms with van der Waals surface area (Å²) in [6, 6.07) is 5.38. The zero-order valence-corrected chi connectivity index (χ0v) is 12.2. The highest BCUT2D eigenvalue weighted by molar-refractivity contribution is 7.22. The Morgan fingerprint density at radius 3 is 2.75 bits per heavy atom. The zero-order valence-electron chi connectivity index (χ0n) is 11.4. The second-order valence-electron chi connectivity index (χ2n) is 3.96. The Kier molecular flexibility index (Phi) is 4.19. The van der Waals surface area contributed by atoms with E-state index in [1.165, 1.54) is 18.3 Å². The summed E-state index contributed by atoms with van der Waals surface area (Å²) in [7, 11) is 1.58. The first kappa shape index (κ1) is 14.3. The molecule has 0 bridgehead atoms. The summed E-state index contributed by atoms with van der Waals surface area (Å²) >= 11 is 1.25. The number of amides is 1. The number of benzene rings is 1. The van der Waals surface area contributed by atoms with E-state index in [0.29, 0.717) is 16.4 Å². The number of carbonyl (C=O) groups excluding carboxylic acids is 2. The van der Waals surface area contributed by atoms with Crippen molar-refractivity contribution < 1.29 is 19.2 Å². The summed E-state index contributed by atoms with van der Waals surface area (Å²) < 4.78 is 5.98. The lowest BCUT2D eigenvalue weighted by atomic mass is 10.3. The Balaban J connectivity index is 2.38. The molecule has 0 aliphatic heterocycles. The number of aromatic nitrogens is 1. The lowest BCUT2D eigenvalue weighted by Gasteiger charge is -2.15. The van der Waals surface area contributed by atoms with Gasteiger partial charge in [-0.1, -0.05) is 18.3 Å². The number of anilines is 1. The zero-order chi connectivity index (χ0) is 14.7. The molecule has 1 aromatic carbocycles. The molecule has 0 spiro atoms. The molecule has 0 atom stereocenters. The predicted octanol–water partition coefficient (Wildman–Crippen LogP) is 2.53. The van der Waals surface area contributed by atoms with Crippen LogP contribution in [0.25, 0.3) is 10.2 Å². The number of hydrogen-bond donors (Lipinski definition) is 0. The molecule has 20 heavy (non-hydrogen) atoms. The molecule has 7 heteroatoms. The monoisotopic (exact) mass is 294 g/mol. The number of hydroxylamine groups is 1. The fourth-order valence-electron chi connectivity index (χ4n) is 1.51. The van der Waals surface area contributed by atoms with E-state index < -0.39 is 11.9 Å². The predicted molar refractivity (Wildman–Crippen MR) is 75.7 cm³/mol. The Morgan fingerprint density at radius 1 is 1.40 bits per heavy atom. The van der Waals surface area contributed by atoms with Crippen LogP contribution < -0.4 is 9.80 Å². The van der Waals surface area contributed by atoms with Gasteiger partial charge in [0.15, 0.2) is 0 Å². The Hall–Kier alpha value is -2.15. The van der Waals surface area contributed by atoms with Crippen LogP contribution in [0.1, 0.15) is 20.3 Å². The normalized spacial score (nSPS) is 10.3. The van der Waals surface area contributed by atoms with Crippen molar-refractivity contribution in [3.63, 3.8) is 0 Å². The largest absolute Gasteiger partial charge is 0.497 e. The van der Waals surface area contributed by atoms with Crippen molar-refractivity contribution in [2.24, 2.45) is 0 Å². The minimum Gasteiger partial charge on any atom is -0.497 e. The van der Waals surface area contributed by atoms with E-state index in [0.717, 1.165) is 9.76 Å². The third-order valence-corrected chi connectivity index (χ3v) is 3.51. The van der Waals surface area contributed by atoms with E-state index in [1.54, 1.807) is 26.2 Å². The Bertz CT molecular complexity index is 653. The molecule has 1 heterocycles. The van der Waals surface area contributed by atoms with Gasteiger partial charge in [0, 0.05) is 13.3 Å². The van der Waals surface area contributed by atoms with Gasteiger partial charge in [0.2, 0.25) is 5.13 Å². The van der Waals surface area contributed by atoms with Crippen LogP contribution in [0.15, 0.2) is 18.2 Å². The lowest BCUT2D eigenvalue weighted by molar-refractivity contribution is -0.149. The van der Waals surface area contributed by atoms with E-state index in [9.17, 15) is 9.59 Å². The average Bonchev–Trinajstić information content (AvgIpc) is 2.86. The van der Waals surface area contributed by atoms with Crippen molar-refractivity contribution in [2.75, 3.05) is 12.2 Å². The van der Waals surface area contributed by atoms with Gasteiger partial charge >= 0.3 is 5.97 Å². The summed E-state index contributed by atoms with van der Waals surface area (Å²) in [6.45, 7) is 2.97. The molecule has 106 valence electrons. The summed E-state index contributed by atoms with van der Waals surface area (Å²) in [6.07, 6.45) is 0.183. The van der Waals surface area contributed by atoms with Crippen molar-refractivity contribution in [1.29, 1.82) is 0 Å². The van der Waals surface area contributed by atoms with Gasteiger partial charge in [-0.2, -0.15) is 0 Å². The molecule has 0 aliphatic carbocycles. The maximum absolute atomic E-state index is 11.6. The first-order chi connectivity index (χ1) is 9.55. The Morgan fingerprint density at radius 2 is 2.15 bits per heavy atom. The number of methoxy groups -OCH3 is 1. The highest BCUT2D eigenvalue weighted by atomic mass is 32.1. The molecule has 2 aromatic rings. The third-order valence-electron chi connectivity index (χ3n) is 2.53. The van der Waals surface area contributed by atoms with Crippen LogP contribution in [0.2, 0.25) is 0 Å². The first-order valence-corrected chi connectivity index (χ1v) is 6.83. The number of hydrogen-bond acceptors (Lipinski definition) is 6. The van der Waals surface area contributed by atoms with Crippen LogP contribution in [0, 0.1) is 0 Å². The third kappa shape index (κ3) is 2.88. The smallest absolute Gasteiger partial charge is 0.332 e. The SMILES string of the molecule is CCC(=O)ON(C(C)=O)c1nc2ccc(OC)cc2s1. The van der Waals surface area contributed by atoms with Crippen molar-refractivity contribution in [1.82, 2.24) is 4.98 Å². The summed E-state index contributed by atoms with van der Waals surface area (Å²) in [5.74, 6) is -0.192. The summed E-state index contributed by atoms with van der Waals surface area (Å²) in [4.78, 5) is 32.2. The maximum Gasteiger partial charge on any atom is 0.332 e. The lowest BCUT2D eigenvalue weighted by Crippen LogP contribution is -2.31. The Labute approximate surface area is 119 Å². The minimum atomic E-state index is -0.489. The topological polar surface area (TPSA) is 68.7 Å². The molecule has 0 unspecified atom stereocenters. The number of rotatable bonds is 3. The van der Waals surface area contributed by atoms with E-state index in [1.807, 2.05) is 6.07 Å². The van der Waals surface area contributed by atoms with Crippen molar-refractivity contribution >= 4 is 38.6 Å². The second-order valence-corrected chi connectivity index (χ2v) is 4.97. The van der Waals surface area contributed by atoms with Gasteiger partial charge in [0.1, 0.15) is 5.75 Å². The van der Waals surface area contributed by atoms with Gasteiger partial charge in [0.05, 0.1) is 17.3 Å². The highest BCUT2D eigenvalue weighted by Crippen LogP contribution is 2.31. The van der Waals surface area contributed by atoms with Crippen LogP contribution in [0.5, 0.6) is 5.75 Å². The number of ether oxygens (including phenoxy) is 1. The van der Waals surface area contributed by atoms with Crippen LogP contribution in [-0.4, -0.2) is 24.0 Å². The molecule has 0 fully saturated rings. The van der Waals surface area contributed by atoms with E-state index in [-0.39, 0.29) is 6.42 Å². The molecule has 0 aliphatic rings. The fourth-order valence-corrected chi connectivity index (χ4v) is 2.49.